The van der Waals surface area contributed by atoms with Crippen molar-refractivity contribution in [1.29, 1.82) is 5.41 Å². The molecule has 0 unspecified atom stereocenters. The van der Waals surface area contributed by atoms with Crippen molar-refractivity contribution in [3.05, 3.63) is 28.3 Å². The Hall–Kier alpha value is -1.26. The lowest BCUT2D eigenvalue weighted by molar-refractivity contribution is -0.136. The zero-order valence-corrected chi connectivity index (χ0v) is 8.93. The Morgan fingerprint density at radius 2 is 2.07 bits per heavy atom. The molecule has 0 saturated carbocycles. The smallest absolute Gasteiger partial charge is 0.307 e. The van der Waals surface area contributed by atoms with E-state index < -0.39 is 17.6 Å². The second kappa shape index (κ2) is 4.51. The quantitative estimate of drug-likeness (QED) is 0.717. The summed E-state index contributed by atoms with van der Waals surface area (Å²) in [4.78, 5) is 10.6. The van der Waals surface area contributed by atoms with Crippen molar-refractivity contribution in [2.24, 2.45) is 0 Å². The number of nitrogens with one attached hydrogen (secondary N) is 1. The number of rotatable bonds is 3. The van der Waals surface area contributed by atoms with Crippen LogP contribution in [0.5, 0.6) is 5.75 Å². The van der Waals surface area contributed by atoms with E-state index in [9.17, 15) is 9.90 Å². The van der Waals surface area contributed by atoms with Gasteiger partial charge in [0.25, 0.3) is 0 Å². The highest BCUT2D eigenvalue weighted by Crippen LogP contribution is 2.29. The van der Waals surface area contributed by atoms with Crippen LogP contribution in [0.2, 0.25) is 5.02 Å². The molecule has 3 N–H and O–H groups in total. The third-order valence-electron chi connectivity index (χ3n) is 1.78. The highest BCUT2D eigenvalue weighted by atomic mass is 35.5. The first kappa shape index (κ1) is 11.8. The molecule has 6 heteroatoms. The molecule has 15 heavy (non-hydrogen) atoms. The molecule has 0 atom stereocenters. The van der Waals surface area contributed by atoms with Crippen LogP contribution in [0.1, 0.15) is 11.1 Å². The Morgan fingerprint density at radius 1 is 1.47 bits per heavy atom. The largest absolute Gasteiger partial charge is 0.507 e. The highest BCUT2D eigenvalue weighted by molar-refractivity contribution is 6.69. The van der Waals surface area contributed by atoms with E-state index in [1.165, 1.54) is 12.1 Å². The molecule has 0 fully saturated rings. The van der Waals surface area contributed by atoms with Crippen molar-refractivity contribution in [3.8, 4) is 5.75 Å². The SMILES string of the molecule is N=C(Cl)c1c(O)ccc(Cl)c1CC(=O)O. The molecular weight excluding hydrogens is 241 g/mol. The van der Waals surface area contributed by atoms with Crippen molar-refractivity contribution in [3.63, 3.8) is 0 Å². The lowest BCUT2D eigenvalue weighted by Crippen LogP contribution is -2.06. The Morgan fingerprint density at radius 3 is 2.53 bits per heavy atom. The topological polar surface area (TPSA) is 81.4 Å². The standard InChI is InChI=1S/C9H7Cl2NO3/c10-5-1-2-6(13)8(9(11)12)4(5)3-7(14)15/h1-2,12-13H,3H2,(H,14,15). The zero-order chi connectivity index (χ0) is 11.6. The molecule has 0 amide bonds. The number of halogens is 2. The number of carboxylic acids is 1. The Labute approximate surface area is 95.6 Å². The van der Waals surface area contributed by atoms with E-state index >= 15 is 0 Å². The summed E-state index contributed by atoms with van der Waals surface area (Å²) in [6.45, 7) is 0. The van der Waals surface area contributed by atoms with E-state index in [-0.39, 0.29) is 21.9 Å². The first-order valence-corrected chi connectivity index (χ1v) is 4.65. The minimum Gasteiger partial charge on any atom is -0.507 e. The molecule has 0 saturated heterocycles. The molecule has 1 aromatic rings. The van der Waals surface area contributed by atoms with Crippen LogP contribution in [0.25, 0.3) is 0 Å². The predicted octanol–water partition coefficient (Wildman–Crippen LogP) is 2.24. The third-order valence-corrected chi connectivity index (χ3v) is 2.32. The summed E-state index contributed by atoms with van der Waals surface area (Å²) in [5.74, 6) is -1.36. The second-order valence-electron chi connectivity index (χ2n) is 2.80. The zero-order valence-electron chi connectivity index (χ0n) is 7.42. The van der Waals surface area contributed by atoms with Gasteiger partial charge in [-0.25, -0.2) is 0 Å². The second-order valence-corrected chi connectivity index (χ2v) is 3.59. The maximum absolute atomic E-state index is 10.6. The van der Waals surface area contributed by atoms with Crippen LogP contribution >= 0.6 is 23.2 Å². The lowest BCUT2D eigenvalue weighted by atomic mass is 10.0. The molecule has 0 radical (unpaired) electrons. The fourth-order valence-corrected chi connectivity index (χ4v) is 1.61. The minimum absolute atomic E-state index is 0.0356. The molecule has 0 bridgehead atoms. The molecule has 1 aromatic carbocycles. The van der Waals surface area contributed by atoms with Gasteiger partial charge in [-0.1, -0.05) is 23.2 Å². The van der Waals surface area contributed by atoms with Gasteiger partial charge in [0, 0.05) is 5.02 Å². The van der Waals surface area contributed by atoms with E-state index in [4.69, 9.17) is 33.7 Å². The van der Waals surface area contributed by atoms with Crippen molar-refractivity contribution in [2.45, 2.75) is 6.42 Å². The van der Waals surface area contributed by atoms with Gasteiger partial charge >= 0.3 is 5.97 Å². The molecule has 1 rings (SSSR count). The number of phenolic OH excluding ortho intramolecular Hbond substituents is 1. The lowest BCUT2D eigenvalue weighted by Gasteiger charge is -2.09. The van der Waals surface area contributed by atoms with Crippen LogP contribution in [-0.2, 0) is 11.2 Å². The molecule has 0 aliphatic carbocycles. The molecule has 4 nitrogen and oxygen atoms in total. The van der Waals surface area contributed by atoms with Crippen molar-refractivity contribution in [2.75, 3.05) is 0 Å². The molecule has 80 valence electrons. The van der Waals surface area contributed by atoms with E-state index in [2.05, 4.69) is 0 Å². The number of aromatic hydroxyl groups is 1. The van der Waals surface area contributed by atoms with Gasteiger partial charge in [0.2, 0.25) is 0 Å². The summed E-state index contributed by atoms with van der Waals surface area (Å²) in [5, 5.41) is 25.0. The average Bonchev–Trinajstić information content (AvgIpc) is 2.10. The van der Waals surface area contributed by atoms with Crippen LogP contribution in [0.3, 0.4) is 0 Å². The maximum Gasteiger partial charge on any atom is 0.307 e. The fraction of sp³-hybridized carbons (Fsp3) is 0.111. The molecule has 0 heterocycles. The number of carbonyl (C=O) groups is 1. The summed E-state index contributed by atoms with van der Waals surface area (Å²) in [5.41, 5.74) is 0.107. The van der Waals surface area contributed by atoms with E-state index in [0.29, 0.717) is 0 Å². The van der Waals surface area contributed by atoms with E-state index in [0.717, 1.165) is 0 Å². The van der Waals surface area contributed by atoms with E-state index in [1.807, 2.05) is 0 Å². The number of phenols is 1. The molecule has 0 spiro atoms. The van der Waals surface area contributed by atoms with Gasteiger partial charge < -0.3 is 10.2 Å². The van der Waals surface area contributed by atoms with Crippen LogP contribution in [-0.4, -0.2) is 21.4 Å². The molecular formula is C9H7Cl2NO3. The first-order valence-electron chi connectivity index (χ1n) is 3.90. The fourth-order valence-electron chi connectivity index (χ4n) is 1.18. The van der Waals surface area contributed by atoms with Gasteiger partial charge in [0.05, 0.1) is 12.0 Å². The Kier molecular flexibility index (Phi) is 3.55. The van der Waals surface area contributed by atoms with E-state index in [1.54, 1.807) is 0 Å². The minimum atomic E-state index is -1.11. The van der Waals surface area contributed by atoms with Gasteiger partial charge in [-0.2, -0.15) is 0 Å². The van der Waals surface area contributed by atoms with Crippen LogP contribution < -0.4 is 0 Å². The monoisotopic (exact) mass is 247 g/mol. The Bertz CT molecular complexity index is 432. The summed E-state index contributed by atoms with van der Waals surface area (Å²) < 4.78 is 0. The Balaban J connectivity index is 3.38. The summed E-state index contributed by atoms with van der Waals surface area (Å²) >= 11 is 11.2. The molecule has 0 aromatic heterocycles. The summed E-state index contributed by atoms with van der Waals surface area (Å²) in [7, 11) is 0. The van der Waals surface area contributed by atoms with Gasteiger partial charge in [0.15, 0.2) is 0 Å². The number of hydrogen-bond acceptors (Lipinski definition) is 3. The van der Waals surface area contributed by atoms with Gasteiger partial charge in [-0.3, -0.25) is 10.2 Å². The number of carboxylic acid groups (broad SMARTS) is 1. The first-order chi connectivity index (χ1) is 6.93. The van der Waals surface area contributed by atoms with Crippen LogP contribution in [0.4, 0.5) is 0 Å². The van der Waals surface area contributed by atoms with Crippen molar-refractivity contribution < 1.29 is 15.0 Å². The average molecular weight is 248 g/mol. The van der Waals surface area contributed by atoms with Gasteiger partial charge in [0.1, 0.15) is 10.9 Å². The van der Waals surface area contributed by atoms with Crippen molar-refractivity contribution >= 4 is 34.3 Å². The molecule has 0 aliphatic rings. The van der Waals surface area contributed by atoms with Crippen LogP contribution in [0.15, 0.2) is 12.1 Å². The predicted molar refractivity (Wildman–Crippen MR) is 57.1 cm³/mol. The summed E-state index contributed by atoms with van der Waals surface area (Å²) in [6, 6.07) is 2.62. The third kappa shape index (κ3) is 2.61. The highest BCUT2D eigenvalue weighted by Gasteiger charge is 2.17. The summed E-state index contributed by atoms with van der Waals surface area (Å²) in [6.07, 6.45) is -0.391. The van der Waals surface area contributed by atoms with Gasteiger partial charge in [-0.05, 0) is 17.7 Å². The number of benzene rings is 1. The van der Waals surface area contributed by atoms with Crippen LogP contribution in [0, 0.1) is 5.41 Å². The van der Waals surface area contributed by atoms with Crippen molar-refractivity contribution in [1.82, 2.24) is 0 Å². The molecule has 0 aliphatic heterocycles. The number of aliphatic carboxylic acids is 1. The normalized spacial score (nSPS) is 10.0. The van der Waals surface area contributed by atoms with Gasteiger partial charge in [-0.15, -0.1) is 0 Å². The number of hydrogen-bond donors (Lipinski definition) is 3. The maximum atomic E-state index is 10.6.